The maximum Gasteiger partial charge on any atom is 0.316 e. The lowest BCUT2D eigenvalue weighted by molar-refractivity contribution is -0.159. The third-order valence-electron chi connectivity index (χ3n) is 7.51. The summed E-state index contributed by atoms with van der Waals surface area (Å²) >= 11 is 1.55. The van der Waals surface area contributed by atoms with E-state index >= 15 is 0 Å². The number of terminal acetylenes is 1. The molecule has 1 heterocycles. The molecule has 3 rings (SSSR count). The molecular formula is C31H36IN2O5S-. The van der Waals surface area contributed by atoms with Crippen molar-refractivity contribution < 1.29 is 21.7 Å². The Balaban J connectivity index is 2.26. The third-order valence-corrected chi connectivity index (χ3v) is 9.03. The van der Waals surface area contributed by atoms with Crippen LogP contribution in [-0.4, -0.2) is 34.5 Å². The summed E-state index contributed by atoms with van der Waals surface area (Å²) in [6.07, 6.45) is 5.32. The van der Waals surface area contributed by atoms with Crippen molar-refractivity contribution in [2.24, 2.45) is 15.7 Å². The molecule has 1 saturated heterocycles. The fraction of sp³-hybridized carbons (Fsp3) is 0.452. The lowest BCUT2D eigenvalue weighted by Gasteiger charge is -2.53. The molecule has 4 atom stereocenters. The number of carbonyl (C=O) groups excluding carboxylic acids is 3. The molecule has 0 radical (unpaired) electrons. The monoisotopic (exact) mass is 675 g/mol. The van der Waals surface area contributed by atoms with E-state index in [9.17, 15) is 18.6 Å². The van der Waals surface area contributed by atoms with Crippen LogP contribution < -0.4 is 0 Å². The van der Waals surface area contributed by atoms with Crippen LogP contribution in [0.4, 0.5) is 0 Å². The molecular weight excluding hydrogens is 639 g/mol. The summed E-state index contributed by atoms with van der Waals surface area (Å²) in [5, 5.41) is 0. The fourth-order valence-corrected chi connectivity index (χ4v) is 6.89. The molecule has 0 N–H and O–H groups in total. The second-order valence-corrected chi connectivity index (χ2v) is 12.7. The van der Waals surface area contributed by atoms with Gasteiger partial charge in [-0.1, -0.05) is 92.1 Å². The Morgan fingerprint density at radius 2 is 1.85 bits per heavy atom. The van der Waals surface area contributed by atoms with Crippen LogP contribution in [-0.2, 0) is 32.3 Å². The van der Waals surface area contributed by atoms with Gasteiger partial charge < -0.3 is 16.5 Å². The van der Waals surface area contributed by atoms with Crippen molar-refractivity contribution in [3.63, 3.8) is 0 Å². The Morgan fingerprint density at radius 1 is 1.18 bits per heavy atom. The molecule has 0 spiro atoms. The number of hydrogen-bond donors (Lipinski definition) is 0. The highest BCUT2D eigenvalue weighted by atomic mass is 127. The minimum atomic E-state index is -1.90. The number of aryl methyl sites for hydroxylation is 2. The molecule has 0 bridgehead atoms. The molecule has 2 amide bonds. The van der Waals surface area contributed by atoms with E-state index in [-0.39, 0.29) is 36.3 Å². The summed E-state index contributed by atoms with van der Waals surface area (Å²) in [5.41, 5.74) is 3.11. The van der Waals surface area contributed by atoms with Gasteiger partial charge in [0.15, 0.2) is 23.0 Å². The number of amides is 2. The van der Waals surface area contributed by atoms with Crippen molar-refractivity contribution in [3.8, 4) is 12.3 Å². The number of nitrogens with zero attached hydrogens (tertiary/aromatic N) is 2. The van der Waals surface area contributed by atoms with Crippen molar-refractivity contribution in [1.82, 2.24) is 4.90 Å². The van der Waals surface area contributed by atoms with E-state index in [0.29, 0.717) is 6.42 Å². The summed E-state index contributed by atoms with van der Waals surface area (Å²) in [6, 6.07) is 15.4. The van der Waals surface area contributed by atoms with Crippen LogP contribution in [0.25, 0.3) is 0 Å². The first-order valence-electron chi connectivity index (χ1n) is 13.2. The zero-order valence-electron chi connectivity index (χ0n) is 23.6. The van der Waals surface area contributed by atoms with Crippen LogP contribution in [0.5, 0.6) is 0 Å². The molecule has 2 unspecified atom stereocenters. The van der Waals surface area contributed by atoms with Crippen LogP contribution in [0.3, 0.4) is 0 Å². The first kappa shape index (κ1) is 31.8. The Labute approximate surface area is 253 Å². The van der Waals surface area contributed by atoms with Gasteiger partial charge in [-0.15, -0.1) is 6.42 Å². The lowest BCUT2D eigenvalue weighted by Crippen LogP contribution is -2.58. The van der Waals surface area contributed by atoms with E-state index in [1.54, 1.807) is 29.9 Å². The average molecular weight is 676 g/mol. The van der Waals surface area contributed by atoms with Crippen molar-refractivity contribution >= 4 is 51.4 Å². The maximum absolute atomic E-state index is 14.5. The molecule has 9 heteroatoms. The zero-order chi connectivity index (χ0) is 29.6. The summed E-state index contributed by atoms with van der Waals surface area (Å²) in [6.45, 7) is 9.75. The topological polar surface area (TPSA) is 93.1 Å². The third kappa shape index (κ3) is 7.52. The molecule has 1 aliphatic heterocycles. The van der Waals surface area contributed by atoms with E-state index in [4.69, 9.17) is 9.49 Å². The van der Waals surface area contributed by atoms with Gasteiger partial charge in [0.2, 0.25) is 11.8 Å². The zero-order valence-corrected chi connectivity index (χ0v) is 26.5. The number of likely N-dealkylation sites (tertiary alicyclic amines) is 1. The Hall–Kier alpha value is -2.71. The summed E-state index contributed by atoms with van der Waals surface area (Å²) < 4.78 is 21.9. The predicted octanol–water partition coefficient (Wildman–Crippen LogP) is 6.37. The molecule has 1 aliphatic rings. The molecule has 0 saturated carbocycles. The van der Waals surface area contributed by atoms with Crippen molar-refractivity contribution in [3.05, 3.63) is 70.8 Å². The van der Waals surface area contributed by atoms with Crippen molar-refractivity contribution in [2.45, 2.75) is 71.9 Å². The van der Waals surface area contributed by atoms with Crippen molar-refractivity contribution in [2.75, 3.05) is 5.75 Å². The molecule has 0 aromatic heterocycles. The van der Waals surface area contributed by atoms with Crippen molar-refractivity contribution in [1.29, 1.82) is 0 Å². The van der Waals surface area contributed by atoms with E-state index in [1.165, 1.54) is 0 Å². The van der Waals surface area contributed by atoms with Gasteiger partial charge in [0.1, 0.15) is 0 Å². The summed E-state index contributed by atoms with van der Waals surface area (Å²) in [4.78, 5) is 41.0. The lowest BCUT2D eigenvalue weighted by atomic mass is 9.66. The second-order valence-electron chi connectivity index (χ2n) is 11.1. The second kappa shape index (κ2) is 13.8. The van der Waals surface area contributed by atoms with Gasteiger partial charge >= 0.3 is 5.97 Å². The highest BCUT2D eigenvalue weighted by molar-refractivity contribution is 14.1. The molecule has 40 heavy (non-hydrogen) atoms. The van der Waals surface area contributed by atoms with E-state index in [2.05, 4.69) is 22.4 Å². The standard InChI is InChI=1S/C31H36IN2O5S/c1-7-9-27(35)33-40(38)19-26(20(2)3)34-29(23-14-12-21(4)13-15-23)25(24-11-8-10-22(5)16-24)17-31(6,30(34)37)18-28(36)39-32/h1,8,10-16,20,25-26,29H,9,17-19H2,2-6H3/q-1/t25-,26?,29?,31-/m1/s1. The Bertz CT molecular complexity index is 1380. The fourth-order valence-electron chi connectivity index (χ4n) is 5.53. The van der Waals surface area contributed by atoms with Gasteiger partial charge in [-0.05, 0) is 37.3 Å². The van der Waals surface area contributed by atoms with Gasteiger partial charge in [-0.3, -0.25) is 14.4 Å². The quantitative estimate of drug-likeness (QED) is 0.175. The van der Waals surface area contributed by atoms with Crippen LogP contribution >= 0.6 is 23.0 Å². The normalized spacial score (nSPS) is 22.6. The minimum absolute atomic E-state index is 0.0323. The highest BCUT2D eigenvalue weighted by Gasteiger charge is 2.52. The molecule has 2 aromatic rings. The molecule has 214 valence electrons. The molecule has 2 aromatic carbocycles. The smallest absolute Gasteiger partial charge is 0.316 e. The van der Waals surface area contributed by atoms with E-state index < -0.39 is 40.0 Å². The van der Waals surface area contributed by atoms with Gasteiger partial charge in [-0.2, -0.15) is 10.6 Å². The van der Waals surface area contributed by atoms with Gasteiger partial charge in [-0.25, -0.2) is 0 Å². The number of halogens is 1. The van der Waals surface area contributed by atoms with Crippen LogP contribution in [0, 0.1) is 37.5 Å². The number of hydrogen-bond acceptors (Lipinski definition) is 6. The molecule has 0 aliphatic carbocycles. The number of carbonyl (C=O) groups is 3. The SMILES string of the molecule is C#CCC(=O)N=[S-](=O)CC(C(C)C)N1C(=O)[C@@](C)(CC(=O)OI)C[C@H](c2cccc(C)c2)C1c1ccc(C)cc1. The van der Waals surface area contributed by atoms with Gasteiger partial charge in [0.25, 0.3) is 0 Å². The van der Waals surface area contributed by atoms with Crippen LogP contribution in [0.15, 0.2) is 52.9 Å². The van der Waals surface area contributed by atoms with Crippen LogP contribution in [0.1, 0.15) is 74.2 Å². The summed E-state index contributed by atoms with van der Waals surface area (Å²) in [7, 11) is -1.90. The first-order chi connectivity index (χ1) is 18.9. The van der Waals surface area contributed by atoms with Crippen LogP contribution in [0.2, 0.25) is 0 Å². The first-order valence-corrected chi connectivity index (χ1v) is 15.4. The van der Waals surface area contributed by atoms with E-state index in [1.807, 2.05) is 69.0 Å². The highest BCUT2D eigenvalue weighted by Crippen LogP contribution is 2.52. The Kier molecular flexibility index (Phi) is 11.0. The molecule has 7 nitrogen and oxygen atoms in total. The largest absolute Gasteiger partial charge is 0.444 e. The number of piperidine rings is 1. The predicted molar refractivity (Wildman–Crippen MR) is 165 cm³/mol. The minimum Gasteiger partial charge on any atom is -0.444 e. The number of rotatable bonds is 9. The van der Waals surface area contributed by atoms with Gasteiger partial charge in [0, 0.05) is 12.0 Å². The molecule has 1 fully saturated rings. The van der Waals surface area contributed by atoms with Gasteiger partial charge in [0.05, 0.1) is 24.3 Å². The number of benzene rings is 2. The average Bonchev–Trinajstić information content (AvgIpc) is 2.89. The maximum atomic E-state index is 14.5. The Morgan fingerprint density at radius 3 is 2.42 bits per heavy atom. The summed E-state index contributed by atoms with van der Waals surface area (Å²) in [5.74, 6) is 0.581. The van der Waals surface area contributed by atoms with E-state index in [0.717, 1.165) is 22.3 Å².